The number of carbonyl (C=O) groups is 4. The van der Waals surface area contributed by atoms with E-state index in [4.69, 9.17) is 27.9 Å². The van der Waals surface area contributed by atoms with Gasteiger partial charge in [-0.3, -0.25) is 14.4 Å². The van der Waals surface area contributed by atoms with Gasteiger partial charge in [-0.05, 0) is 91.8 Å². The van der Waals surface area contributed by atoms with E-state index in [9.17, 15) is 19.2 Å². The first kappa shape index (κ1) is 37.9. The van der Waals surface area contributed by atoms with Gasteiger partial charge in [0.1, 0.15) is 10.7 Å². The van der Waals surface area contributed by atoms with Gasteiger partial charge >= 0.3 is 5.97 Å². The van der Waals surface area contributed by atoms with Gasteiger partial charge in [0.2, 0.25) is 5.91 Å². The van der Waals surface area contributed by atoms with Gasteiger partial charge in [0, 0.05) is 36.6 Å². The number of halogens is 2. The van der Waals surface area contributed by atoms with Crippen molar-refractivity contribution >= 4 is 86.8 Å². The van der Waals surface area contributed by atoms with Crippen molar-refractivity contribution in [3.05, 3.63) is 152 Å². The van der Waals surface area contributed by atoms with Crippen LogP contribution in [-0.2, 0) is 27.2 Å². The van der Waals surface area contributed by atoms with E-state index in [2.05, 4.69) is 28.1 Å². The molecule has 5 aromatic rings. The van der Waals surface area contributed by atoms with Crippen LogP contribution in [-0.4, -0.2) is 36.1 Å². The van der Waals surface area contributed by atoms with Crippen LogP contribution in [0.3, 0.4) is 0 Å². The molecular formula is C41H35Cl2N3O5S2. The van der Waals surface area contributed by atoms with Crippen molar-refractivity contribution in [2.24, 2.45) is 0 Å². The third-order valence-corrected chi connectivity index (χ3v) is 11.7. The van der Waals surface area contributed by atoms with Crippen molar-refractivity contribution in [2.75, 3.05) is 17.7 Å². The first-order chi connectivity index (χ1) is 25.6. The zero-order chi connectivity index (χ0) is 37.5. The Morgan fingerprint density at radius 2 is 1.57 bits per heavy atom. The zero-order valence-corrected chi connectivity index (χ0v) is 31.9. The van der Waals surface area contributed by atoms with E-state index in [1.807, 2.05) is 24.3 Å². The molecule has 3 N–H and O–H groups in total. The third kappa shape index (κ3) is 9.20. The maximum Gasteiger partial charge on any atom is 0.341 e. The van der Waals surface area contributed by atoms with E-state index >= 15 is 0 Å². The van der Waals surface area contributed by atoms with Gasteiger partial charge in [-0.2, -0.15) is 0 Å². The summed E-state index contributed by atoms with van der Waals surface area (Å²) in [5, 5.41) is 9.07. The highest BCUT2D eigenvalue weighted by molar-refractivity contribution is 8.00. The molecule has 1 aliphatic rings. The predicted octanol–water partition coefficient (Wildman–Crippen LogP) is 9.64. The summed E-state index contributed by atoms with van der Waals surface area (Å²) in [6, 6.07) is 30.8. The van der Waals surface area contributed by atoms with Crippen molar-refractivity contribution in [2.45, 2.75) is 42.2 Å². The number of thiophene rings is 1. The van der Waals surface area contributed by atoms with Gasteiger partial charge in [-0.1, -0.05) is 83.9 Å². The molecule has 6 rings (SSSR count). The molecule has 0 radical (unpaired) electrons. The molecule has 0 saturated carbocycles. The number of hydrogen-bond donors (Lipinski definition) is 3. The van der Waals surface area contributed by atoms with Gasteiger partial charge in [0.05, 0.1) is 17.9 Å². The smallest absolute Gasteiger partial charge is 0.341 e. The van der Waals surface area contributed by atoms with Crippen molar-refractivity contribution in [3.63, 3.8) is 0 Å². The highest BCUT2D eigenvalue weighted by atomic mass is 35.5. The molecule has 0 saturated heterocycles. The fourth-order valence-electron chi connectivity index (χ4n) is 6.05. The fraction of sp³-hybridized carbons (Fsp3) is 0.171. The van der Waals surface area contributed by atoms with Gasteiger partial charge < -0.3 is 20.7 Å². The zero-order valence-electron chi connectivity index (χ0n) is 28.8. The molecule has 0 bridgehead atoms. The highest BCUT2D eigenvalue weighted by Crippen LogP contribution is 2.43. The number of rotatable bonds is 11. The van der Waals surface area contributed by atoms with Crippen LogP contribution in [0.5, 0.6) is 0 Å². The first-order valence-corrected chi connectivity index (χ1v) is 19.2. The van der Waals surface area contributed by atoms with Crippen LogP contribution in [0.1, 0.15) is 61.5 Å². The molecule has 270 valence electrons. The van der Waals surface area contributed by atoms with Gasteiger partial charge in [0.25, 0.3) is 11.8 Å². The molecule has 12 heteroatoms. The van der Waals surface area contributed by atoms with E-state index in [-0.39, 0.29) is 11.6 Å². The first-order valence-electron chi connectivity index (χ1n) is 16.8. The molecule has 0 spiro atoms. The number of amides is 3. The summed E-state index contributed by atoms with van der Waals surface area (Å²) in [5.74, 6) is -1.51. The highest BCUT2D eigenvalue weighted by Gasteiger charge is 2.31. The number of thioether (sulfide) groups is 1. The maximum atomic E-state index is 13.7. The quantitative estimate of drug-likeness (QED) is 0.0699. The summed E-state index contributed by atoms with van der Waals surface area (Å²) < 4.78 is 5.14. The van der Waals surface area contributed by atoms with E-state index in [0.29, 0.717) is 54.7 Å². The van der Waals surface area contributed by atoms with E-state index in [0.717, 1.165) is 23.3 Å². The maximum absolute atomic E-state index is 13.7. The number of hydrogen-bond acceptors (Lipinski definition) is 7. The average Bonchev–Trinajstić information content (AvgIpc) is 3.53. The number of ether oxygens (including phenoxy) is 1. The number of benzene rings is 4. The lowest BCUT2D eigenvalue weighted by Crippen LogP contribution is -2.30. The Morgan fingerprint density at radius 3 is 2.26 bits per heavy atom. The van der Waals surface area contributed by atoms with Crippen LogP contribution < -0.4 is 16.0 Å². The summed E-state index contributed by atoms with van der Waals surface area (Å²) in [5.41, 5.74) is 3.72. The number of fused-ring (bicyclic) bond motifs is 1. The van der Waals surface area contributed by atoms with Crippen LogP contribution in [0.4, 0.5) is 10.7 Å². The Labute approximate surface area is 325 Å². The molecule has 1 aliphatic carbocycles. The molecule has 0 fully saturated rings. The standard InChI is InChI=1S/C41H35Cl2N3O5S2/c1-24(37(47)46-40-36(41(50)51-2)30-20-19-27(21-35(30)53-40)25-11-5-3-6-12-25)52-29-16-9-15-28(22-29)44-39(49)34(23-31-32(42)17-10-18-33(31)43)45-38(48)26-13-7-4-8-14-26/h3-18,22-24,27H,19-21H2,1-2H3,(H,44,49)(H,45,48)(H,46,47)/b34-23+. The summed E-state index contributed by atoms with van der Waals surface area (Å²) in [7, 11) is 1.35. The summed E-state index contributed by atoms with van der Waals surface area (Å²) >= 11 is 15.5. The van der Waals surface area contributed by atoms with Gasteiger partial charge in [-0.25, -0.2) is 4.79 Å². The lowest BCUT2D eigenvalue weighted by molar-refractivity contribution is -0.115. The lowest BCUT2D eigenvalue weighted by atomic mass is 9.83. The molecule has 3 amide bonds. The molecule has 4 aromatic carbocycles. The normalized spacial score (nSPS) is 14.4. The minimum atomic E-state index is -0.607. The molecule has 53 heavy (non-hydrogen) atoms. The molecule has 8 nitrogen and oxygen atoms in total. The largest absolute Gasteiger partial charge is 0.465 e. The average molecular weight is 785 g/mol. The Morgan fingerprint density at radius 1 is 0.887 bits per heavy atom. The second kappa shape index (κ2) is 17.3. The molecule has 2 atom stereocenters. The van der Waals surface area contributed by atoms with Gasteiger partial charge in [-0.15, -0.1) is 23.1 Å². The van der Waals surface area contributed by atoms with E-state index in [1.54, 1.807) is 73.7 Å². The van der Waals surface area contributed by atoms with Crippen molar-refractivity contribution in [3.8, 4) is 0 Å². The molecule has 2 unspecified atom stereocenters. The molecule has 1 aromatic heterocycles. The van der Waals surface area contributed by atoms with Gasteiger partial charge in [0.15, 0.2) is 0 Å². The molecule has 0 aliphatic heterocycles. The Kier molecular flexibility index (Phi) is 12.4. The summed E-state index contributed by atoms with van der Waals surface area (Å²) in [6.45, 7) is 1.77. The van der Waals surface area contributed by atoms with E-state index < -0.39 is 23.0 Å². The number of nitrogens with one attached hydrogen (secondary N) is 3. The van der Waals surface area contributed by atoms with Crippen LogP contribution in [0, 0.1) is 0 Å². The topological polar surface area (TPSA) is 114 Å². The minimum absolute atomic E-state index is 0.0743. The lowest BCUT2D eigenvalue weighted by Gasteiger charge is -2.22. The van der Waals surface area contributed by atoms with Crippen molar-refractivity contribution in [1.29, 1.82) is 0 Å². The van der Waals surface area contributed by atoms with Crippen LogP contribution in [0.2, 0.25) is 10.0 Å². The summed E-state index contributed by atoms with van der Waals surface area (Å²) in [6.07, 6.45) is 3.82. The second-order valence-electron chi connectivity index (χ2n) is 12.3. The number of esters is 1. The second-order valence-corrected chi connectivity index (χ2v) is 15.6. The molecule has 1 heterocycles. The number of anilines is 2. The van der Waals surface area contributed by atoms with Crippen LogP contribution in [0.25, 0.3) is 6.08 Å². The van der Waals surface area contributed by atoms with E-state index in [1.165, 1.54) is 41.8 Å². The van der Waals surface area contributed by atoms with Crippen molar-refractivity contribution in [1.82, 2.24) is 5.32 Å². The predicted molar refractivity (Wildman–Crippen MR) is 214 cm³/mol. The molecular weight excluding hydrogens is 750 g/mol. The van der Waals surface area contributed by atoms with Crippen LogP contribution >= 0.6 is 46.3 Å². The van der Waals surface area contributed by atoms with Crippen molar-refractivity contribution < 1.29 is 23.9 Å². The Balaban J connectivity index is 1.16. The SMILES string of the molecule is COC(=O)c1c(NC(=O)C(C)Sc2cccc(NC(=O)/C(=C\c3c(Cl)cccc3Cl)NC(=O)c3ccccc3)c2)sc2c1CCC(c1ccccc1)C2. The summed E-state index contributed by atoms with van der Waals surface area (Å²) in [4.78, 5) is 55.1. The Bertz CT molecular complexity index is 2170. The number of carbonyl (C=O) groups excluding carboxylic acids is 4. The monoisotopic (exact) mass is 783 g/mol. The fourth-order valence-corrected chi connectivity index (χ4v) is 8.81. The third-order valence-electron chi connectivity index (χ3n) is 8.75. The Hall–Kier alpha value is -4.87. The number of methoxy groups -OCH3 is 1. The minimum Gasteiger partial charge on any atom is -0.465 e. The van der Waals surface area contributed by atoms with Crippen LogP contribution in [0.15, 0.2) is 114 Å².